The molecule has 0 bridgehead atoms. The first-order valence-electron chi connectivity index (χ1n) is 6.72. The second kappa shape index (κ2) is 6.68. The molecule has 2 rings (SSSR count). The van der Waals surface area contributed by atoms with E-state index in [0.29, 0.717) is 0 Å². The normalized spacial score (nSPS) is 19.6. The van der Waals surface area contributed by atoms with Gasteiger partial charge in [-0.1, -0.05) is 24.3 Å². The van der Waals surface area contributed by atoms with Gasteiger partial charge in [0, 0.05) is 19.6 Å². The van der Waals surface area contributed by atoms with Crippen molar-refractivity contribution < 1.29 is 14.6 Å². The Morgan fingerprint density at radius 1 is 1.47 bits per heavy atom. The minimum Gasteiger partial charge on any atom is -0.389 e. The van der Waals surface area contributed by atoms with E-state index in [-0.39, 0.29) is 25.0 Å². The molecule has 2 N–H and O–H groups in total. The molecule has 0 aromatic heterocycles. The zero-order valence-electron chi connectivity index (χ0n) is 11.3. The van der Waals surface area contributed by atoms with Crippen molar-refractivity contribution in [3.8, 4) is 0 Å². The standard InChI is InChI=1S/C15H21NO3/c1-19-10-14(17)9-16-15(18)13-7-6-11-4-2-3-5-12(11)8-13/h2-5,13-14,17H,6-10H2,1H3,(H,16,18). The Labute approximate surface area is 113 Å². The number of amides is 1. The second-order valence-electron chi connectivity index (χ2n) is 5.06. The molecular formula is C15H21NO3. The number of nitrogens with one attached hydrogen (secondary N) is 1. The quantitative estimate of drug-likeness (QED) is 0.830. The van der Waals surface area contributed by atoms with E-state index in [1.54, 1.807) is 0 Å². The molecule has 1 aliphatic rings. The summed E-state index contributed by atoms with van der Waals surface area (Å²) in [6.07, 6.45) is 1.99. The molecule has 0 heterocycles. The number of carbonyl (C=O) groups excluding carboxylic acids is 1. The van der Waals surface area contributed by atoms with Crippen molar-refractivity contribution in [2.75, 3.05) is 20.3 Å². The van der Waals surface area contributed by atoms with Crippen LogP contribution in [0, 0.1) is 5.92 Å². The van der Waals surface area contributed by atoms with Gasteiger partial charge in [-0.15, -0.1) is 0 Å². The van der Waals surface area contributed by atoms with Crippen LogP contribution in [0.4, 0.5) is 0 Å². The Bertz CT molecular complexity index is 433. The van der Waals surface area contributed by atoms with Crippen molar-refractivity contribution in [3.05, 3.63) is 35.4 Å². The highest BCUT2D eigenvalue weighted by Gasteiger charge is 2.24. The fourth-order valence-corrected chi connectivity index (χ4v) is 2.54. The Morgan fingerprint density at radius 3 is 2.95 bits per heavy atom. The van der Waals surface area contributed by atoms with Crippen LogP contribution in [0.15, 0.2) is 24.3 Å². The van der Waals surface area contributed by atoms with E-state index in [0.717, 1.165) is 19.3 Å². The molecule has 19 heavy (non-hydrogen) atoms. The third kappa shape index (κ3) is 3.78. The molecule has 0 fully saturated rings. The largest absolute Gasteiger partial charge is 0.389 e. The first-order chi connectivity index (χ1) is 9.20. The molecule has 0 saturated carbocycles. The fourth-order valence-electron chi connectivity index (χ4n) is 2.54. The average molecular weight is 263 g/mol. The molecule has 2 unspecified atom stereocenters. The number of hydrogen-bond acceptors (Lipinski definition) is 3. The van der Waals surface area contributed by atoms with E-state index in [2.05, 4.69) is 17.4 Å². The van der Waals surface area contributed by atoms with E-state index in [4.69, 9.17) is 4.74 Å². The summed E-state index contributed by atoms with van der Waals surface area (Å²) < 4.78 is 4.83. The van der Waals surface area contributed by atoms with Gasteiger partial charge in [-0.3, -0.25) is 4.79 Å². The van der Waals surface area contributed by atoms with Gasteiger partial charge in [0.25, 0.3) is 0 Å². The summed E-state index contributed by atoms with van der Waals surface area (Å²) in [5.74, 6) is 0.0503. The molecule has 1 aromatic rings. The van der Waals surface area contributed by atoms with Gasteiger partial charge >= 0.3 is 0 Å². The van der Waals surface area contributed by atoms with Gasteiger partial charge in [-0.25, -0.2) is 0 Å². The van der Waals surface area contributed by atoms with E-state index in [1.165, 1.54) is 18.2 Å². The Balaban J connectivity index is 1.85. The monoisotopic (exact) mass is 263 g/mol. The van der Waals surface area contributed by atoms with E-state index in [1.807, 2.05) is 12.1 Å². The summed E-state index contributed by atoms with van der Waals surface area (Å²) in [6.45, 7) is 0.499. The number of carbonyl (C=O) groups is 1. The van der Waals surface area contributed by atoms with Gasteiger partial charge in [0.1, 0.15) is 0 Å². The number of rotatable bonds is 5. The lowest BCUT2D eigenvalue weighted by Crippen LogP contribution is -2.39. The topological polar surface area (TPSA) is 58.6 Å². The van der Waals surface area contributed by atoms with E-state index < -0.39 is 6.10 Å². The van der Waals surface area contributed by atoms with E-state index in [9.17, 15) is 9.90 Å². The SMILES string of the molecule is COCC(O)CNC(=O)C1CCc2ccccc2C1. The Morgan fingerprint density at radius 2 is 2.21 bits per heavy atom. The van der Waals surface area contributed by atoms with Crippen LogP contribution in [0.1, 0.15) is 17.5 Å². The van der Waals surface area contributed by atoms with Crippen LogP contribution in [-0.2, 0) is 22.4 Å². The lowest BCUT2D eigenvalue weighted by atomic mass is 9.83. The summed E-state index contributed by atoms with van der Waals surface area (Å²) >= 11 is 0. The molecule has 2 atom stereocenters. The number of aliphatic hydroxyl groups excluding tert-OH is 1. The maximum Gasteiger partial charge on any atom is 0.223 e. The van der Waals surface area contributed by atoms with Crippen LogP contribution in [0.25, 0.3) is 0 Å². The number of hydrogen-bond donors (Lipinski definition) is 2. The van der Waals surface area contributed by atoms with Crippen molar-refractivity contribution in [2.45, 2.75) is 25.4 Å². The predicted molar refractivity (Wildman–Crippen MR) is 72.8 cm³/mol. The minimum atomic E-state index is -0.634. The highest BCUT2D eigenvalue weighted by Crippen LogP contribution is 2.25. The molecule has 104 valence electrons. The second-order valence-corrected chi connectivity index (χ2v) is 5.06. The molecule has 1 amide bonds. The van der Waals surface area contributed by atoms with Crippen LogP contribution in [-0.4, -0.2) is 37.4 Å². The Kier molecular flexibility index (Phi) is 4.93. The molecule has 0 spiro atoms. The molecule has 0 radical (unpaired) electrons. The van der Waals surface area contributed by atoms with Crippen LogP contribution in [0.5, 0.6) is 0 Å². The van der Waals surface area contributed by atoms with Crippen molar-refractivity contribution in [2.24, 2.45) is 5.92 Å². The van der Waals surface area contributed by atoms with Crippen molar-refractivity contribution >= 4 is 5.91 Å². The molecule has 0 aliphatic heterocycles. The lowest BCUT2D eigenvalue weighted by Gasteiger charge is -2.24. The molecule has 4 nitrogen and oxygen atoms in total. The minimum absolute atomic E-state index is 0.0182. The highest BCUT2D eigenvalue weighted by atomic mass is 16.5. The lowest BCUT2D eigenvalue weighted by molar-refractivity contribution is -0.126. The smallest absolute Gasteiger partial charge is 0.223 e. The molecule has 1 aromatic carbocycles. The molecule has 1 aliphatic carbocycles. The number of fused-ring (bicyclic) bond motifs is 1. The molecular weight excluding hydrogens is 242 g/mol. The van der Waals surface area contributed by atoms with Gasteiger partial charge in [0.2, 0.25) is 5.91 Å². The first kappa shape index (κ1) is 14.0. The van der Waals surface area contributed by atoms with Gasteiger partial charge in [-0.2, -0.15) is 0 Å². The maximum atomic E-state index is 12.1. The third-order valence-electron chi connectivity index (χ3n) is 3.59. The van der Waals surface area contributed by atoms with Gasteiger partial charge in [0.15, 0.2) is 0 Å². The Hall–Kier alpha value is -1.39. The van der Waals surface area contributed by atoms with Gasteiger partial charge in [-0.05, 0) is 30.4 Å². The average Bonchev–Trinajstić information content (AvgIpc) is 2.44. The van der Waals surface area contributed by atoms with Gasteiger partial charge in [0.05, 0.1) is 12.7 Å². The summed E-state index contributed by atoms with van der Waals surface area (Å²) in [4.78, 5) is 12.1. The maximum absolute atomic E-state index is 12.1. The predicted octanol–water partition coefficient (Wildman–Crippen LogP) is 0.915. The number of ether oxygens (including phenoxy) is 1. The fraction of sp³-hybridized carbons (Fsp3) is 0.533. The summed E-state index contributed by atoms with van der Waals surface area (Å²) in [6, 6.07) is 8.28. The van der Waals surface area contributed by atoms with Crippen LogP contribution in [0.2, 0.25) is 0 Å². The van der Waals surface area contributed by atoms with Crippen molar-refractivity contribution in [1.29, 1.82) is 0 Å². The molecule has 0 saturated heterocycles. The summed E-state index contributed by atoms with van der Waals surface area (Å²) in [5, 5.41) is 12.3. The summed E-state index contributed by atoms with van der Waals surface area (Å²) in [7, 11) is 1.53. The third-order valence-corrected chi connectivity index (χ3v) is 3.59. The molecule has 4 heteroatoms. The van der Waals surface area contributed by atoms with Crippen LogP contribution >= 0.6 is 0 Å². The zero-order chi connectivity index (χ0) is 13.7. The van der Waals surface area contributed by atoms with Crippen molar-refractivity contribution in [3.63, 3.8) is 0 Å². The number of benzene rings is 1. The summed E-state index contributed by atoms with van der Waals surface area (Å²) in [5.41, 5.74) is 2.62. The number of aliphatic hydroxyl groups is 1. The van der Waals surface area contributed by atoms with Gasteiger partial charge < -0.3 is 15.2 Å². The number of methoxy groups -OCH3 is 1. The van der Waals surface area contributed by atoms with E-state index >= 15 is 0 Å². The van der Waals surface area contributed by atoms with Crippen molar-refractivity contribution in [1.82, 2.24) is 5.32 Å². The first-order valence-corrected chi connectivity index (χ1v) is 6.72. The van der Waals surface area contributed by atoms with Crippen LogP contribution in [0.3, 0.4) is 0 Å². The number of aryl methyl sites for hydroxylation is 1. The zero-order valence-corrected chi connectivity index (χ0v) is 11.3. The van der Waals surface area contributed by atoms with Crippen LogP contribution < -0.4 is 5.32 Å². The highest BCUT2D eigenvalue weighted by molar-refractivity contribution is 5.79.